The highest BCUT2D eigenvalue weighted by molar-refractivity contribution is 6.42. The molecule has 1 saturated carbocycles. The lowest BCUT2D eigenvalue weighted by Crippen LogP contribution is -2.22. The van der Waals surface area contributed by atoms with E-state index in [0.717, 1.165) is 0 Å². The van der Waals surface area contributed by atoms with E-state index in [1.54, 1.807) is 17.6 Å². The van der Waals surface area contributed by atoms with Gasteiger partial charge in [0.2, 0.25) is 5.91 Å². The van der Waals surface area contributed by atoms with Gasteiger partial charge in [-0.1, -0.05) is 23.2 Å². The first kappa shape index (κ1) is 12.4. The summed E-state index contributed by atoms with van der Waals surface area (Å²) < 4.78 is 0. The van der Waals surface area contributed by atoms with Crippen molar-refractivity contribution in [2.75, 3.05) is 0 Å². The SMILES string of the molecule is O=C(NO)C1CC1C(=O)c1ccc(Cl)c(Cl)c1. The topological polar surface area (TPSA) is 66.4 Å². The summed E-state index contributed by atoms with van der Waals surface area (Å²) in [5.74, 6) is -1.50. The van der Waals surface area contributed by atoms with Crippen molar-refractivity contribution < 1.29 is 14.8 Å². The Morgan fingerprint density at radius 3 is 2.53 bits per heavy atom. The Bertz CT molecular complexity index is 490. The summed E-state index contributed by atoms with van der Waals surface area (Å²) in [6.45, 7) is 0. The summed E-state index contributed by atoms with van der Waals surface area (Å²) >= 11 is 11.5. The van der Waals surface area contributed by atoms with Crippen molar-refractivity contribution >= 4 is 34.9 Å². The molecule has 1 aliphatic carbocycles. The molecule has 17 heavy (non-hydrogen) atoms. The van der Waals surface area contributed by atoms with Crippen LogP contribution in [0.5, 0.6) is 0 Å². The highest BCUT2D eigenvalue weighted by atomic mass is 35.5. The molecular weight excluding hydrogens is 265 g/mol. The minimum atomic E-state index is -0.525. The highest BCUT2D eigenvalue weighted by Crippen LogP contribution is 2.41. The molecular formula is C11H9Cl2NO3. The summed E-state index contributed by atoms with van der Waals surface area (Å²) in [7, 11) is 0. The van der Waals surface area contributed by atoms with Gasteiger partial charge in [-0.15, -0.1) is 0 Å². The normalized spacial score (nSPS) is 22.1. The van der Waals surface area contributed by atoms with Gasteiger partial charge in [0.15, 0.2) is 5.78 Å². The van der Waals surface area contributed by atoms with Gasteiger partial charge in [0.25, 0.3) is 0 Å². The van der Waals surface area contributed by atoms with E-state index in [0.29, 0.717) is 22.0 Å². The molecule has 2 N–H and O–H groups in total. The van der Waals surface area contributed by atoms with Crippen LogP contribution in [0.25, 0.3) is 0 Å². The predicted octanol–water partition coefficient (Wildman–Crippen LogP) is 2.32. The average molecular weight is 274 g/mol. The molecule has 2 rings (SSSR count). The van der Waals surface area contributed by atoms with Crippen molar-refractivity contribution in [3.8, 4) is 0 Å². The largest absolute Gasteiger partial charge is 0.294 e. The molecule has 1 aromatic rings. The number of benzene rings is 1. The van der Waals surface area contributed by atoms with Gasteiger partial charge in [-0.25, -0.2) is 5.48 Å². The minimum Gasteiger partial charge on any atom is -0.294 e. The number of amides is 1. The molecule has 0 aromatic heterocycles. The fraction of sp³-hybridized carbons (Fsp3) is 0.273. The number of hydrogen-bond acceptors (Lipinski definition) is 3. The van der Waals surface area contributed by atoms with Gasteiger partial charge in [-0.3, -0.25) is 14.8 Å². The van der Waals surface area contributed by atoms with Crippen LogP contribution in [-0.4, -0.2) is 16.9 Å². The monoisotopic (exact) mass is 273 g/mol. The standard InChI is InChI=1S/C11H9Cl2NO3/c12-8-2-1-5(3-9(8)13)10(15)6-4-7(6)11(16)14-17/h1-3,6-7,17H,4H2,(H,14,16). The Balaban J connectivity index is 2.12. The molecule has 0 heterocycles. The third-order valence-corrected chi connectivity index (χ3v) is 3.52. The van der Waals surface area contributed by atoms with Gasteiger partial charge in [-0.05, 0) is 24.6 Å². The smallest absolute Gasteiger partial charge is 0.247 e. The van der Waals surface area contributed by atoms with Gasteiger partial charge in [0.05, 0.1) is 16.0 Å². The van der Waals surface area contributed by atoms with Gasteiger partial charge in [0.1, 0.15) is 0 Å². The maximum absolute atomic E-state index is 11.9. The molecule has 1 aliphatic rings. The van der Waals surface area contributed by atoms with Crippen LogP contribution in [0.15, 0.2) is 18.2 Å². The summed E-state index contributed by atoms with van der Waals surface area (Å²) in [6, 6.07) is 4.60. The van der Waals surface area contributed by atoms with E-state index in [1.165, 1.54) is 6.07 Å². The second-order valence-electron chi connectivity index (χ2n) is 3.92. The van der Waals surface area contributed by atoms with E-state index in [2.05, 4.69) is 0 Å². The maximum atomic E-state index is 11.9. The van der Waals surface area contributed by atoms with E-state index in [1.807, 2.05) is 0 Å². The zero-order chi connectivity index (χ0) is 12.6. The Labute approximate surface area is 107 Å². The second kappa shape index (κ2) is 4.64. The van der Waals surface area contributed by atoms with Crippen molar-refractivity contribution in [1.29, 1.82) is 0 Å². The van der Waals surface area contributed by atoms with Crippen LogP contribution in [0, 0.1) is 11.8 Å². The molecule has 0 aliphatic heterocycles. The molecule has 0 bridgehead atoms. The first-order valence-corrected chi connectivity index (χ1v) is 5.73. The summed E-state index contributed by atoms with van der Waals surface area (Å²) in [6.07, 6.45) is 0.450. The summed E-state index contributed by atoms with van der Waals surface area (Å²) in [5.41, 5.74) is 1.97. The number of hydroxylamine groups is 1. The van der Waals surface area contributed by atoms with Crippen LogP contribution in [-0.2, 0) is 4.79 Å². The van der Waals surface area contributed by atoms with E-state index >= 15 is 0 Å². The van der Waals surface area contributed by atoms with Crippen LogP contribution in [0.4, 0.5) is 0 Å². The van der Waals surface area contributed by atoms with Gasteiger partial charge in [0, 0.05) is 11.5 Å². The Hall–Kier alpha value is -1.10. The number of ketones is 1. The molecule has 90 valence electrons. The van der Waals surface area contributed by atoms with Gasteiger partial charge < -0.3 is 0 Å². The van der Waals surface area contributed by atoms with Crippen molar-refractivity contribution in [2.45, 2.75) is 6.42 Å². The molecule has 0 spiro atoms. The summed E-state index contributed by atoms with van der Waals surface area (Å²) in [4.78, 5) is 23.0. The molecule has 2 atom stereocenters. The van der Waals surface area contributed by atoms with Crippen molar-refractivity contribution in [3.63, 3.8) is 0 Å². The molecule has 0 saturated heterocycles. The molecule has 6 heteroatoms. The molecule has 1 aromatic carbocycles. The first-order valence-electron chi connectivity index (χ1n) is 4.98. The fourth-order valence-corrected chi connectivity index (χ4v) is 2.02. The van der Waals surface area contributed by atoms with Crippen molar-refractivity contribution in [1.82, 2.24) is 5.48 Å². The minimum absolute atomic E-state index is 0.155. The van der Waals surface area contributed by atoms with Crippen LogP contribution < -0.4 is 5.48 Å². The number of carbonyl (C=O) groups is 2. The molecule has 1 amide bonds. The Morgan fingerprint density at radius 2 is 1.94 bits per heavy atom. The van der Waals surface area contributed by atoms with E-state index in [9.17, 15) is 9.59 Å². The number of halogens is 2. The maximum Gasteiger partial charge on any atom is 0.247 e. The highest BCUT2D eigenvalue weighted by Gasteiger charge is 2.48. The number of Topliss-reactive ketones (excluding diaryl/α,β-unsaturated/α-hetero) is 1. The van der Waals surface area contributed by atoms with Crippen LogP contribution in [0.1, 0.15) is 16.8 Å². The van der Waals surface area contributed by atoms with Crippen molar-refractivity contribution in [3.05, 3.63) is 33.8 Å². The lowest BCUT2D eigenvalue weighted by atomic mass is 10.1. The lowest BCUT2D eigenvalue weighted by Gasteiger charge is -2.02. The van der Waals surface area contributed by atoms with Crippen LogP contribution >= 0.6 is 23.2 Å². The van der Waals surface area contributed by atoms with Crippen molar-refractivity contribution in [2.24, 2.45) is 11.8 Å². The molecule has 1 fully saturated rings. The van der Waals surface area contributed by atoms with E-state index < -0.39 is 11.8 Å². The van der Waals surface area contributed by atoms with Crippen LogP contribution in [0.2, 0.25) is 10.0 Å². The Kier molecular flexibility index (Phi) is 3.38. The van der Waals surface area contributed by atoms with Crippen LogP contribution in [0.3, 0.4) is 0 Å². The molecule has 4 nitrogen and oxygen atoms in total. The average Bonchev–Trinajstić information content (AvgIpc) is 3.11. The quantitative estimate of drug-likeness (QED) is 0.505. The van der Waals surface area contributed by atoms with E-state index in [4.69, 9.17) is 28.4 Å². The zero-order valence-electron chi connectivity index (χ0n) is 8.61. The third-order valence-electron chi connectivity index (χ3n) is 2.78. The Morgan fingerprint density at radius 1 is 1.24 bits per heavy atom. The fourth-order valence-electron chi connectivity index (χ4n) is 1.72. The zero-order valence-corrected chi connectivity index (χ0v) is 10.1. The van der Waals surface area contributed by atoms with E-state index in [-0.39, 0.29) is 11.7 Å². The molecule has 2 unspecified atom stereocenters. The number of nitrogens with one attached hydrogen (secondary N) is 1. The predicted molar refractivity (Wildman–Crippen MR) is 62.3 cm³/mol. The number of rotatable bonds is 3. The third kappa shape index (κ3) is 2.44. The number of hydrogen-bond donors (Lipinski definition) is 2. The lowest BCUT2D eigenvalue weighted by molar-refractivity contribution is -0.130. The second-order valence-corrected chi connectivity index (χ2v) is 4.73. The molecule has 0 radical (unpaired) electrons. The number of carbonyl (C=O) groups excluding carboxylic acids is 2. The first-order chi connectivity index (χ1) is 8.04. The summed E-state index contributed by atoms with van der Waals surface area (Å²) in [5, 5.41) is 9.13. The van der Waals surface area contributed by atoms with Gasteiger partial charge in [-0.2, -0.15) is 0 Å². The van der Waals surface area contributed by atoms with Gasteiger partial charge >= 0.3 is 0 Å².